The van der Waals surface area contributed by atoms with Crippen molar-refractivity contribution in [3.05, 3.63) is 59.7 Å². The summed E-state index contributed by atoms with van der Waals surface area (Å²) in [6.07, 6.45) is 0. The van der Waals surface area contributed by atoms with E-state index in [0.717, 1.165) is 28.4 Å². The number of hydrogen-bond acceptors (Lipinski definition) is 2. The molecule has 0 radical (unpaired) electrons. The molecule has 116 valence electrons. The summed E-state index contributed by atoms with van der Waals surface area (Å²) in [6, 6.07) is 15.6. The highest BCUT2D eigenvalue weighted by atomic mass is 16.5. The molecule has 0 saturated carbocycles. The summed E-state index contributed by atoms with van der Waals surface area (Å²) in [4.78, 5) is 13.2. The van der Waals surface area contributed by atoms with Crippen LogP contribution in [0.5, 0.6) is 5.75 Å². The molecular formula is C18H23N2O2+. The monoisotopic (exact) mass is 299 g/mol. The second-order valence-electron chi connectivity index (χ2n) is 5.54. The third kappa shape index (κ3) is 4.60. The number of para-hydroxylation sites is 1. The van der Waals surface area contributed by atoms with Crippen LogP contribution in [0.4, 0.5) is 5.69 Å². The average Bonchev–Trinajstić information content (AvgIpc) is 2.48. The maximum atomic E-state index is 12.1. The number of nitrogens with one attached hydrogen (secondary N) is 2. The number of carbonyl (C=O) groups excluding carboxylic acids is 1. The summed E-state index contributed by atoms with van der Waals surface area (Å²) in [5.41, 5.74) is 3.14. The lowest BCUT2D eigenvalue weighted by Crippen LogP contribution is -3.08. The van der Waals surface area contributed by atoms with Gasteiger partial charge in [0.25, 0.3) is 5.91 Å². The molecular weight excluding hydrogens is 276 g/mol. The molecule has 0 aliphatic heterocycles. The zero-order valence-electron chi connectivity index (χ0n) is 13.3. The zero-order chi connectivity index (χ0) is 15.9. The summed E-state index contributed by atoms with van der Waals surface area (Å²) in [7, 11) is 3.68. The van der Waals surface area contributed by atoms with Crippen LogP contribution in [0.25, 0.3) is 0 Å². The van der Waals surface area contributed by atoms with Crippen LogP contribution in [-0.4, -0.2) is 26.6 Å². The molecule has 0 aliphatic carbocycles. The normalized spacial score (nSPS) is 11.8. The molecule has 0 aromatic heterocycles. The lowest BCUT2D eigenvalue weighted by atomic mass is 10.1. The van der Waals surface area contributed by atoms with Crippen LogP contribution in [0.3, 0.4) is 0 Å². The Bertz CT molecular complexity index is 626. The zero-order valence-corrected chi connectivity index (χ0v) is 13.3. The van der Waals surface area contributed by atoms with Gasteiger partial charge in [-0.05, 0) is 31.2 Å². The lowest BCUT2D eigenvalue weighted by molar-refractivity contribution is -0.885. The van der Waals surface area contributed by atoms with Crippen molar-refractivity contribution >= 4 is 11.6 Å². The molecule has 1 unspecified atom stereocenters. The van der Waals surface area contributed by atoms with Gasteiger partial charge < -0.3 is 15.0 Å². The Kier molecular flexibility index (Phi) is 5.55. The van der Waals surface area contributed by atoms with E-state index in [1.54, 1.807) is 7.11 Å². The second kappa shape index (κ2) is 7.61. The minimum atomic E-state index is 0.00956. The molecule has 4 heteroatoms. The van der Waals surface area contributed by atoms with Gasteiger partial charge in [-0.3, -0.25) is 4.79 Å². The van der Waals surface area contributed by atoms with Gasteiger partial charge in [-0.1, -0.05) is 29.8 Å². The predicted octanol–water partition coefficient (Wildman–Crippen LogP) is 1.66. The van der Waals surface area contributed by atoms with Gasteiger partial charge in [0.05, 0.1) is 14.2 Å². The van der Waals surface area contributed by atoms with Gasteiger partial charge in [0.15, 0.2) is 6.54 Å². The molecule has 0 fully saturated rings. The van der Waals surface area contributed by atoms with Gasteiger partial charge in [-0.2, -0.15) is 0 Å². The first-order valence-electron chi connectivity index (χ1n) is 7.38. The fourth-order valence-corrected chi connectivity index (χ4v) is 2.43. The summed E-state index contributed by atoms with van der Waals surface area (Å²) in [5, 5.41) is 2.91. The number of benzene rings is 2. The summed E-state index contributed by atoms with van der Waals surface area (Å²) >= 11 is 0. The fraction of sp³-hybridized carbons (Fsp3) is 0.278. The van der Waals surface area contributed by atoms with Crippen molar-refractivity contribution in [2.45, 2.75) is 13.5 Å². The molecule has 0 spiro atoms. The third-order valence-electron chi connectivity index (χ3n) is 3.45. The molecule has 2 rings (SSSR count). The molecule has 2 N–H and O–H groups in total. The van der Waals surface area contributed by atoms with Crippen LogP contribution in [0.2, 0.25) is 0 Å². The SMILES string of the molecule is COc1ccc(C)cc1C[NH+](C)CC(=O)Nc1ccccc1. The topological polar surface area (TPSA) is 42.8 Å². The highest BCUT2D eigenvalue weighted by Crippen LogP contribution is 2.18. The maximum absolute atomic E-state index is 12.1. The Labute approximate surface area is 131 Å². The standard InChI is InChI=1S/C18H22N2O2/c1-14-9-10-17(22-3)15(11-14)12-20(2)13-18(21)19-16-7-5-4-6-8-16/h4-11H,12-13H2,1-3H3,(H,19,21)/p+1. The van der Waals surface area contributed by atoms with Crippen molar-refractivity contribution in [3.63, 3.8) is 0 Å². The van der Waals surface area contributed by atoms with E-state index in [2.05, 4.69) is 18.3 Å². The Hall–Kier alpha value is -2.33. The Balaban J connectivity index is 1.94. The fourth-order valence-electron chi connectivity index (χ4n) is 2.43. The van der Waals surface area contributed by atoms with Gasteiger partial charge in [-0.25, -0.2) is 0 Å². The number of carbonyl (C=O) groups is 1. The maximum Gasteiger partial charge on any atom is 0.279 e. The van der Waals surface area contributed by atoms with Crippen LogP contribution in [0.15, 0.2) is 48.5 Å². The molecule has 0 saturated heterocycles. The average molecular weight is 299 g/mol. The molecule has 0 heterocycles. The molecule has 4 nitrogen and oxygen atoms in total. The van der Waals surface area contributed by atoms with E-state index < -0.39 is 0 Å². The molecule has 0 bridgehead atoms. The first kappa shape index (κ1) is 16.0. The molecule has 2 aromatic carbocycles. The van der Waals surface area contributed by atoms with E-state index in [4.69, 9.17) is 4.74 Å². The predicted molar refractivity (Wildman–Crippen MR) is 88.3 cm³/mol. The Morgan fingerprint density at radius 3 is 2.59 bits per heavy atom. The van der Waals surface area contributed by atoms with Crippen molar-refractivity contribution in [2.24, 2.45) is 0 Å². The summed E-state index contributed by atoms with van der Waals surface area (Å²) < 4.78 is 5.39. The van der Waals surface area contributed by atoms with Gasteiger partial charge in [0.1, 0.15) is 12.3 Å². The van der Waals surface area contributed by atoms with E-state index in [0.29, 0.717) is 6.54 Å². The molecule has 0 aliphatic rings. The molecule has 22 heavy (non-hydrogen) atoms. The number of quaternary nitrogens is 1. The molecule has 1 atom stereocenters. The van der Waals surface area contributed by atoms with Crippen LogP contribution >= 0.6 is 0 Å². The Morgan fingerprint density at radius 1 is 1.18 bits per heavy atom. The number of methoxy groups -OCH3 is 1. The Morgan fingerprint density at radius 2 is 1.91 bits per heavy atom. The van der Waals surface area contributed by atoms with Crippen molar-refractivity contribution in [3.8, 4) is 5.75 Å². The van der Waals surface area contributed by atoms with Crippen LogP contribution in [0, 0.1) is 6.92 Å². The highest BCUT2D eigenvalue weighted by Gasteiger charge is 2.13. The van der Waals surface area contributed by atoms with Gasteiger partial charge in [-0.15, -0.1) is 0 Å². The number of ether oxygens (including phenoxy) is 1. The minimum Gasteiger partial charge on any atom is -0.496 e. The van der Waals surface area contributed by atoms with E-state index in [9.17, 15) is 4.79 Å². The number of aryl methyl sites for hydroxylation is 1. The van der Waals surface area contributed by atoms with E-state index in [1.807, 2.05) is 49.5 Å². The van der Waals surface area contributed by atoms with Crippen molar-refractivity contribution in [1.29, 1.82) is 0 Å². The van der Waals surface area contributed by atoms with Gasteiger partial charge in [0, 0.05) is 11.3 Å². The smallest absolute Gasteiger partial charge is 0.279 e. The summed E-state index contributed by atoms with van der Waals surface area (Å²) in [6.45, 7) is 3.21. The number of likely N-dealkylation sites (N-methyl/N-ethyl adjacent to an activating group) is 1. The van der Waals surface area contributed by atoms with E-state index in [1.165, 1.54) is 5.56 Å². The van der Waals surface area contributed by atoms with E-state index in [-0.39, 0.29) is 5.91 Å². The first-order valence-corrected chi connectivity index (χ1v) is 7.38. The van der Waals surface area contributed by atoms with Crippen LogP contribution in [0.1, 0.15) is 11.1 Å². The largest absolute Gasteiger partial charge is 0.496 e. The lowest BCUT2D eigenvalue weighted by Gasteiger charge is -2.16. The first-order chi connectivity index (χ1) is 10.6. The van der Waals surface area contributed by atoms with Gasteiger partial charge in [0.2, 0.25) is 0 Å². The van der Waals surface area contributed by atoms with Gasteiger partial charge >= 0.3 is 0 Å². The van der Waals surface area contributed by atoms with Crippen LogP contribution < -0.4 is 15.0 Å². The van der Waals surface area contributed by atoms with Crippen molar-refractivity contribution < 1.29 is 14.4 Å². The van der Waals surface area contributed by atoms with E-state index >= 15 is 0 Å². The number of anilines is 1. The number of amides is 1. The summed E-state index contributed by atoms with van der Waals surface area (Å²) in [5.74, 6) is 0.878. The number of rotatable bonds is 6. The number of hydrogen-bond donors (Lipinski definition) is 2. The second-order valence-corrected chi connectivity index (χ2v) is 5.54. The quantitative estimate of drug-likeness (QED) is 0.852. The van der Waals surface area contributed by atoms with Crippen LogP contribution in [-0.2, 0) is 11.3 Å². The van der Waals surface area contributed by atoms with Crippen molar-refractivity contribution in [1.82, 2.24) is 0 Å². The molecule has 1 amide bonds. The molecule has 2 aromatic rings. The minimum absolute atomic E-state index is 0.00956. The third-order valence-corrected chi connectivity index (χ3v) is 3.45. The van der Waals surface area contributed by atoms with Crippen molar-refractivity contribution in [2.75, 3.05) is 26.0 Å². The highest BCUT2D eigenvalue weighted by molar-refractivity contribution is 5.91.